The number of hydrogen-bond acceptors (Lipinski definition) is 7. The van der Waals surface area contributed by atoms with Gasteiger partial charge in [0, 0.05) is 7.11 Å². The molecule has 0 saturated carbocycles. The number of nitrogens with zero attached hydrogens (tertiary/aromatic N) is 4. The van der Waals surface area contributed by atoms with E-state index >= 15 is 0 Å². The molecule has 0 radical (unpaired) electrons. The van der Waals surface area contributed by atoms with Crippen LogP contribution in [-0.2, 0) is 11.3 Å². The van der Waals surface area contributed by atoms with Crippen LogP contribution in [0.1, 0.15) is 0 Å². The number of imidazole rings is 1. The molecule has 8 heteroatoms. The second-order valence-corrected chi connectivity index (χ2v) is 3.58. The zero-order valence-electron chi connectivity index (χ0n) is 9.37. The van der Waals surface area contributed by atoms with E-state index in [2.05, 4.69) is 15.0 Å². The summed E-state index contributed by atoms with van der Waals surface area (Å²) in [6.45, 7) is 0.325. The molecule has 0 aromatic carbocycles. The first kappa shape index (κ1) is 11.6. The van der Waals surface area contributed by atoms with Crippen LogP contribution in [0.4, 0.5) is 11.8 Å². The molecular formula is C9H14N6O2. The molecule has 1 atom stereocenters. The molecule has 0 amide bonds. The Morgan fingerprint density at radius 2 is 2.24 bits per heavy atom. The standard InChI is InChI=1S/C9H14N6O2/c1-17-5(3-16)2-15-4-12-6-7(10)13-9(11)14-8(6)15/h4-5,16H,2-3H2,1H3,(H4,10,11,13,14)/t5-/m0/s1. The van der Waals surface area contributed by atoms with Gasteiger partial charge < -0.3 is 25.9 Å². The highest BCUT2D eigenvalue weighted by Gasteiger charge is 2.13. The van der Waals surface area contributed by atoms with Crippen LogP contribution < -0.4 is 11.5 Å². The van der Waals surface area contributed by atoms with Crippen LogP contribution in [0.5, 0.6) is 0 Å². The first-order chi connectivity index (χ1) is 8.15. The zero-order valence-corrected chi connectivity index (χ0v) is 9.37. The van der Waals surface area contributed by atoms with Crippen molar-refractivity contribution in [3.8, 4) is 0 Å². The Labute approximate surface area is 97.2 Å². The highest BCUT2D eigenvalue weighted by Crippen LogP contribution is 2.17. The number of aromatic nitrogens is 4. The molecule has 8 nitrogen and oxygen atoms in total. The maximum absolute atomic E-state index is 9.07. The number of nitrogens with two attached hydrogens (primary N) is 2. The number of rotatable bonds is 4. The van der Waals surface area contributed by atoms with E-state index in [1.165, 1.54) is 7.11 Å². The Bertz CT molecular complexity index is 521. The highest BCUT2D eigenvalue weighted by molar-refractivity contribution is 5.82. The van der Waals surface area contributed by atoms with Gasteiger partial charge in [0.05, 0.1) is 25.6 Å². The van der Waals surface area contributed by atoms with Gasteiger partial charge in [-0.15, -0.1) is 0 Å². The van der Waals surface area contributed by atoms with Crippen LogP contribution in [0.15, 0.2) is 6.33 Å². The summed E-state index contributed by atoms with van der Waals surface area (Å²) in [6.07, 6.45) is 1.24. The molecule has 2 rings (SSSR count). The van der Waals surface area contributed by atoms with Crippen LogP contribution >= 0.6 is 0 Å². The second kappa shape index (κ2) is 4.52. The molecule has 17 heavy (non-hydrogen) atoms. The predicted molar refractivity (Wildman–Crippen MR) is 62.0 cm³/mol. The summed E-state index contributed by atoms with van der Waals surface area (Å²) in [5, 5.41) is 9.07. The van der Waals surface area contributed by atoms with Gasteiger partial charge in [-0.05, 0) is 0 Å². The van der Waals surface area contributed by atoms with Crippen molar-refractivity contribution in [2.75, 3.05) is 25.2 Å². The molecule has 0 spiro atoms. The minimum Gasteiger partial charge on any atom is -0.394 e. The summed E-state index contributed by atoms with van der Waals surface area (Å²) in [5.41, 5.74) is 12.2. The molecule has 2 aromatic heterocycles. The molecule has 0 bridgehead atoms. The maximum atomic E-state index is 9.07. The van der Waals surface area contributed by atoms with Crippen molar-refractivity contribution in [2.24, 2.45) is 0 Å². The summed E-state index contributed by atoms with van der Waals surface area (Å²) >= 11 is 0. The lowest BCUT2D eigenvalue weighted by Gasteiger charge is -2.12. The molecule has 92 valence electrons. The van der Waals surface area contributed by atoms with E-state index in [9.17, 15) is 0 Å². The fourth-order valence-electron chi connectivity index (χ4n) is 1.54. The summed E-state index contributed by atoms with van der Waals surface area (Å²) in [4.78, 5) is 12.0. The van der Waals surface area contributed by atoms with Gasteiger partial charge in [-0.1, -0.05) is 0 Å². The van der Waals surface area contributed by atoms with Gasteiger partial charge in [-0.2, -0.15) is 9.97 Å². The molecule has 0 unspecified atom stereocenters. The predicted octanol–water partition coefficient (Wildman–Crippen LogP) is -1.00. The van der Waals surface area contributed by atoms with E-state index in [0.29, 0.717) is 17.7 Å². The Balaban J connectivity index is 2.42. The number of fused-ring (bicyclic) bond motifs is 1. The van der Waals surface area contributed by atoms with Crippen molar-refractivity contribution in [3.63, 3.8) is 0 Å². The number of anilines is 2. The Morgan fingerprint density at radius 1 is 1.47 bits per heavy atom. The summed E-state index contributed by atoms with van der Waals surface area (Å²) in [6, 6.07) is 0. The zero-order chi connectivity index (χ0) is 12.4. The van der Waals surface area contributed by atoms with Crippen LogP contribution in [0.3, 0.4) is 0 Å². The SMILES string of the molecule is CO[C@H](CO)Cn1cnc2c(N)nc(N)nc21. The maximum Gasteiger partial charge on any atom is 0.224 e. The van der Waals surface area contributed by atoms with Crippen molar-refractivity contribution in [2.45, 2.75) is 12.6 Å². The van der Waals surface area contributed by atoms with Gasteiger partial charge in [-0.3, -0.25) is 0 Å². The molecule has 0 fully saturated rings. The van der Waals surface area contributed by atoms with E-state index in [0.717, 1.165) is 0 Å². The Hall–Kier alpha value is -1.93. The number of aliphatic hydroxyl groups excluding tert-OH is 1. The molecular weight excluding hydrogens is 224 g/mol. The summed E-state index contributed by atoms with van der Waals surface area (Å²) in [7, 11) is 1.53. The Morgan fingerprint density at radius 3 is 2.88 bits per heavy atom. The summed E-state index contributed by atoms with van der Waals surface area (Å²) < 4.78 is 6.79. The summed E-state index contributed by atoms with van der Waals surface area (Å²) in [5.74, 6) is 0.332. The second-order valence-electron chi connectivity index (χ2n) is 3.58. The molecule has 0 aliphatic heterocycles. The van der Waals surface area contributed by atoms with E-state index in [1.54, 1.807) is 10.9 Å². The van der Waals surface area contributed by atoms with Crippen molar-refractivity contribution in [1.82, 2.24) is 19.5 Å². The first-order valence-corrected chi connectivity index (χ1v) is 5.03. The van der Waals surface area contributed by atoms with Gasteiger partial charge in [0.1, 0.15) is 5.52 Å². The number of nitrogen functional groups attached to an aromatic ring is 2. The first-order valence-electron chi connectivity index (χ1n) is 5.03. The molecule has 0 saturated heterocycles. The van der Waals surface area contributed by atoms with Crippen LogP contribution in [0, 0.1) is 0 Å². The van der Waals surface area contributed by atoms with Crippen molar-refractivity contribution in [1.29, 1.82) is 0 Å². The third-order valence-electron chi connectivity index (χ3n) is 2.45. The minimum absolute atomic E-state index is 0.0911. The normalized spacial score (nSPS) is 13.1. The molecule has 5 N–H and O–H groups in total. The van der Waals surface area contributed by atoms with Crippen LogP contribution in [-0.4, -0.2) is 44.4 Å². The molecule has 2 heterocycles. The van der Waals surface area contributed by atoms with Crippen molar-refractivity contribution < 1.29 is 9.84 Å². The van der Waals surface area contributed by atoms with Gasteiger partial charge in [0.25, 0.3) is 0 Å². The smallest absolute Gasteiger partial charge is 0.224 e. The van der Waals surface area contributed by atoms with Gasteiger partial charge in [-0.25, -0.2) is 4.98 Å². The van der Waals surface area contributed by atoms with Crippen LogP contribution in [0.2, 0.25) is 0 Å². The average molecular weight is 238 g/mol. The quantitative estimate of drug-likeness (QED) is 0.623. The monoisotopic (exact) mass is 238 g/mol. The molecule has 2 aromatic rings. The van der Waals surface area contributed by atoms with Crippen LogP contribution in [0.25, 0.3) is 11.2 Å². The largest absolute Gasteiger partial charge is 0.394 e. The highest BCUT2D eigenvalue weighted by atomic mass is 16.5. The molecule has 0 aliphatic rings. The third-order valence-corrected chi connectivity index (χ3v) is 2.45. The fraction of sp³-hybridized carbons (Fsp3) is 0.444. The lowest BCUT2D eigenvalue weighted by atomic mass is 10.3. The fourth-order valence-corrected chi connectivity index (χ4v) is 1.54. The lowest BCUT2D eigenvalue weighted by Crippen LogP contribution is -2.22. The van der Waals surface area contributed by atoms with Crippen molar-refractivity contribution >= 4 is 22.9 Å². The number of ether oxygens (including phenoxy) is 1. The van der Waals surface area contributed by atoms with E-state index in [1.807, 2.05) is 0 Å². The van der Waals surface area contributed by atoms with Gasteiger partial charge >= 0.3 is 0 Å². The van der Waals surface area contributed by atoms with Gasteiger partial charge in [0.15, 0.2) is 11.5 Å². The Kier molecular flexibility index (Phi) is 3.07. The lowest BCUT2D eigenvalue weighted by molar-refractivity contribution is 0.0379. The molecule has 0 aliphatic carbocycles. The van der Waals surface area contributed by atoms with Gasteiger partial charge in [0.2, 0.25) is 5.95 Å². The third kappa shape index (κ3) is 2.12. The minimum atomic E-state index is -0.329. The number of hydrogen-bond donors (Lipinski definition) is 3. The van der Waals surface area contributed by atoms with E-state index < -0.39 is 0 Å². The average Bonchev–Trinajstić information content (AvgIpc) is 2.69. The van der Waals surface area contributed by atoms with E-state index in [-0.39, 0.29) is 24.5 Å². The van der Waals surface area contributed by atoms with E-state index in [4.69, 9.17) is 21.3 Å². The topological polar surface area (TPSA) is 125 Å². The number of aliphatic hydroxyl groups is 1. The van der Waals surface area contributed by atoms with Crippen molar-refractivity contribution in [3.05, 3.63) is 6.33 Å². The number of methoxy groups -OCH3 is 1.